The monoisotopic (exact) mass is 395 g/mol. The van der Waals surface area contributed by atoms with Gasteiger partial charge in [-0.3, -0.25) is 4.79 Å². The molecule has 2 bridgehead atoms. The Balaban J connectivity index is 1.37. The third kappa shape index (κ3) is 3.15. The lowest BCUT2D eigenvalue weighted by Gasteiger charge is -2.40. The number of nitrogens with zero attached hydrogens (tertiary/aromatic N) is 4. The molecule has 5 N–H and O–H groups in total. The SMILES string of the molecule is NC(=O)c1cnc2c(c1N[C@@H]1C[C@H]3CC[C@@H](C1)N3c1ccc(CO)nn1)CCN2. The van der Waals surface area contributed by atoms with Crippen LogP contribution in [-0.2, 0) is 13.0 Å². The van der Waals surface area contributed by atoms with Crippen LogP contribution in [0, 0.1) is 0 Å². The Morgan fingerprint density at radius 3 is 2.72 bits per heavy atom. The second-order valence-corrected chi connectivity index (χ2v) is 8.06. The topological polar surface area (TPSA) is 129 Å². The summed E-state index contributed by atoms with van der Waals surface area (Å²) in [7, 11) is 0. The minimum atomic E-state index is -0.450. The Kier molecular flexibility index (Phi) is 4.46. The molecule has 0 spiro atoms. The van der Waals surface area contributed by atoms with E-state index in [2.05, 4.69) is 30.7 Å². The van der Waals surface area contributed by atoms with Gasteiger partial charge in [0, 0.05) is 36.4 Å². The minimum absolute atomic E-state index is 0.0978. The van der Waals surface area contributed by atoms with Crippen molar-refractivity contribution in [3.05, 3.63) is 35.2 Å². The van der Waals surface area contributed by atoms with Gasteiger partial charge < -0.3 is 26.4 Å². The van der Waals surface area contributed by atoms with Crippen LogP contribution in [0.2, 0.25) is 0 Å². The van der Waals surface area contributed by atoms with Crippen LogP contribution in [0.15, 0.2) is 18.3 Å². The third-order valence-electron chi connectivity index (χ3n) is 6.33. The lowest BCUT2D eigenvalue weighted by Crippen LogP contribution is -2.47. The summed E-state index contributed by atoms with van der Waals surface area (Å²) in [6, 6.07) is 4.80. The molecule has 0 aliphatic carbocycles. The first kappa shape index (κ1) is 18.1. The summed E-state index contributed by atoms with van der Waals surface area (Å²) < 4.78 is 0. The van der Waals surface area contributed by atoms with E-state index in [-0.39, 0.29) is 12.6 Å². The molecule has 0 unspecified atom stereocenters. The molecule has 0 saturated carbocycles. The van der Waals surface area contributed by atoms with E-state index in [4.69, 9.17) is 5.73 Å². The summed E-state index contributed by atoms with van der Waals surface area (Å²) in [5.74, 6) is 1.27. The van der Waals surface area contributed by atoms with Crippen molar-refractivity contribution >= 4 is 23.2 Å². The normalized spacial score (nSPS) is 24.9. The van der Waals surface area contributed by atoms with Crippen LogP contribution < -0.4 is 21.3 Å². The van der Waals surface area contributed by atoms with Crippen LogP contribution in [0.5, 0.6) is 0 Å². The number of amides is 1. The van der Waals surface area contributed by atoms with Crippen molar-refractivity contribution in [1.82, 2.24) is 15.2 Å². The van der Waals surface area contributed by atoms with Crippen molar-refractivity contribution in [2.75, 3.05) is 22.1 Å². The van der Waals surface area contributed by atoms with E-state index in [0.717, 1.165) is 61.5 Å². The van der Waals surface area contributed by atoms with E-state index in [9.17, 15) is 9.90 Å². The van der Waals surface area contributed by atoms with Crippen LogP contribution in [0.1, 0.15) is 47.3 Å². The van der Waals surface area contributed by atoms with Gasteiger partial charge >= 0.3 is 0 Å². The van der Waals surface area contributed by atoms with E-state index in [0.29, 0.717) is 23.3 Å². The number of pyridine rings is 1. The number of hydrogen-bond donors (Lipinski definition) is 4. The molecule has 2 fully saturated rings. The average Bonchev–Trinajstić information content (AvgIpc) is 3.31. The number of nitrogens with one attached hydrogen (secondary N) is 2. The van der Waals surface area contributed by atoms with E-state index in [1.165, 1.54) is 0 Å². The highest BCUT2D eigenvalue weighted by Crippen LogP contribution is 2.40. The van der Waals surface area contributed by atoms with Gasteiger partial charge in [-0.1, -0.05) is 0 Å². The standard InChI is InChI=1S/C20H25N7O2/c21-19(29)16-9-23-20-15(5-6-22-20)18(16)24-12-7-13-2-3-14(8-12)27(13)17-4-1-11(10-28)25-26-17/h1,4,9,12-14,28H,2-3,5-8,10H2,(H2,21,29)(H2,22,23,24)/t12-,13-,14+. The highest BCUT2D eigenvalue weighted by molar-refractivity contribution is 6.00. The Hall–Kier alpha value is -2.94. The fraction of sp³-hybridized carbons (Fsp3) is 0.500. The lowest BCUT2D eigenvalue weighted by atomic mass is 9.96. The zero-order valence-electron chi connectivity index (χ0n) is 16.1. The van der Waals surface area contributed by atoms with Crippen LogP contribution in [0.3, 0.4) is 0 Å². The highest BCUT2D eigenvalue weighted by Gasteiger charge is 2.42. The van der Waals surface area contributed by atoms with Gasteiger partial charge in [-0.05, 0) is 44.2 Å². The molecule has 2 aromatic rings. The van der Waals surface area contributed by atoms with Crippen molar-refractivity contribution in [2.24, 2.45) is 5.73 Å². The highest BCUT2D eigenvalue weighted by atomic mass is 16.3. The molecule has 5 rings (SSSR count). The molecule has 1 amide bonds. The second-order valence-electron chi connectivity index (χ2n) is 8.06. The number of carbonyl (C=O) groups is 1. The van der Waals surface area contributed by atoms with Crippen LogP contribution in [0.25, 0.3) is 0 Å². The van der Waals surface area contributed by atoms with Crippen molar-refractivity contribution in [3.8, 4) is 0 Å². The van der Waals surface area contributed by atoms with Crippen molar-refractivity contribution in [2.45, 2.75) is 56.8 Å². The van der Waals surface area contributed by atoms with Gasteiger partial charge in [0.1, 0.15) is 5.82 Å². The molecule has 0 aromatic carbocycles. The maximum absolute atomic E-state index is 12.0. The number of piperidine rings is 1. The maximum atomic E-state index is 12.0. The Labute approximate surface area is 168 Å². The summed E-state index contributed by atoms with van der Waals surface area (Å²) in [5.41, 5.74) is 8.57. The number of anilines is 3. The number of nitrogens with two attached hydrogens (primary N) is 1. The number of primary amides is 1. The molecule has 0 radical (unpaired) electrons. The average molecular weight is 395 g/mol. The molecule has 3 aliphatic heterocycles. The first-order valence-corrected chi connectivity index (χ1v) is 10.2. The summed E-state index contributed by atoms with van der Waals surface area (Å²) in [5, 5.41) is 24.5. The molecule has 5 heterocycles. The zero-order valence-corrected chi connectivity index (χ0v) is 16.1. The van der Waals surface area contributed by atoms with E-state index < -0.39 is 5.91 Å². The van der Waals surface area contributed by atoms with Gasteiger partial charge in [-0.25, -0.2) is 4.98 Å². The van der Waals surface area contributed by atoms with Crippen LogP contribution in [0.4, 0.5) is 17.3 Å². The number of aromatic nitrogens is 3. The Morgan fingerprint density at radius 1 is 1.28 bits per heavy atom. The summed E-state index contributed by atoms with van der Waals surface area (Å²) in [4.78, 5) is 18.7. The predicted octanol–water partition coefficient (Wildman–Crippen LogP) is 1.04. The fourth-order valence-electron chi connectivity index (χ4n) is 5.05. The quantitative estimate of drug-likeness (QED) is 0.591. The Bertz CT molecular complexity index is 919. The molecule has 152 valence electrons. The number of aliphatic hydroxyl groups excluding tert-OH is 1. The van der Waals surface area contributed by atoms with Gasteiger partial charge in [-0.2, -0.15) is 5.10 Å². The van der Waals surface area contributed by atoms with E-state index in [1.54, 1.807) is 6.20 Å². The summed E-state index contributed by atoms with van der Waals surface area (Å²) in [6.45, 7) is 0.727. The van der Waals surface area contributed by atoms with Gasteiger partial charge in [0.25, 0.3) is 5.91 Å². The molecular weight excluding hydrogens is 370 g/mol. The number of rotatable bonds is 5. The van der Waals surface area contributed by atoms with Crippen LogP contribution >= 0.6 is 0 Å². The fourth-order valence-corrected chi connectivity index (χ4v) is 5.05. The molecule has 9 heteroatoms. The third-order valence-corrected chi connectivity index (χ3v) is 6.33. The minimum Gasteiger partial charge on any atom is -0.390 e. The lowest BCUT2D eigenvalue weighted by molar-refractivity contribution is 0.100. The van der Waals surface area contributed by atoms with Crippen LogP contribution in [-0.4, -0.2) is 50.9 Å². The molecule has 2 saturated heterocycles. The Morgan fingerprint density at radius 2 is 2.07 bits per heavy atom. The molecular formula is C20H25N7O2. The van der Waals surface area contributed by atoms with E-state index in [1.807, 2.05) is 12.1 Å². The van der Waals surface area contributed by atoms with Gasteiger partial charge in [0.2, 0.25) is 0 Å². The first-order chi connectivity index (χ1) is 14.1. The number of aliphatic hydroxyl groups is 1. The summed E-state index contributed by atoms with van der Waals surface area (Å²) >= 11 is 0. The maximum Gasteiger partial charge on any atom is 0.252 e. The van der Waals surface area contributed by atoms with E-state index >= 15 is 0 Å². The predicted molar refractivity (Wildman–Crippen MR) is 109 cm³/mol. The first-order valence-electron chi connectivity index (χ1n) is 10.2. The number of carbonyl (C=O) groups excluding carboxylic acids is 1. The van der Waals surface area contributed by atoms with Crippen molar-refractivity contribution < 1.29 is 9.90 Å². The molecule has 3 atom stereocenters. The molecule has 3 aliphatic rings. The van der Waals surface area contributed by atoms with Gasteiger partial charge in [-0.15, -0.1) is 5.10 Å². The smallest absolute Gasteiger partial charge is 0.252 e. The van der Waals surface area contributed by atoms with Crippen molar-refractivity contribution in [3.63, 3.8) is 0 Å². The largest absolute Gasteiger partial charge is 0.390 e. The van der Waals surface area contributed by atoms with Crippen molar-refractivity contribution in [1.29, 1.82) is 0 Å². The van der Waals surface area contributed by atoms with Gasteiger partial charge in [0.15, 0.2) is 5.82 Å². The number of fused-ring (bicyclic) bond motifs is 3. The molecule has 29 heavy (non-hydrogen) atoms. The zero-order chi connectivity index (χ0) is 20.0. The molecule has 2 aromatic heterocycles. The summed E-state index contributed by atoms with van der Waals surface area (Å²) in [6.07, 6.45) is 6.56. The number of hydrogen-bond acceptors (Lipinski definition) is 8. The van der Waals surface area contributed by atoms with Gasteiger partial charge in [0.05, 0.1) is 23.6 Å². The second kappa shape index (κ2) is 7.14. The molecule has 9 nitrogen and oxygen atoms in total.